The zero-order valence-electron chi connectivity index (χ0n) is 28.2. The van der Waals surface area contributed by atoms with Gasteiger partial charge in [0.2, 0.25) is 17.7 Å². The molecule has 4 N–H and O–H groups in total. The average Bonchev–Trinajstić information content (AvgIpc) is 3.82. The number of para-hydroxylation sites is 1. The summed E-state index contributed by atoms with van der Waals surface area (Å²) in [6.07, 6.45) is -0.664. The Kier molecular flexibility index (Phi) is 9.96. The van der Waals surface area contributed by atoms with Gasteiger partial charge in [-0.15, -0.1) is 0 Å². The molecule has 0 saturated heterocycles. The van der Waals surface area contributed by atoms with Gasteiger partial charge >= 0.3 is 29.6 Å². The zero-order valence-corrected chi connectivity index (χ0v) is 31.1. The van der Waals surface area contributed by atoms with Crippen molar-refractivity contribution >= 4 is 25.2 Å². The van der Waals surface area contributed by atoms with E-state index in [4.69, 9.17) is 23.4 Å². The zero-order chi connectivity index (χ0) is 34.8. The number of benzene rings is 2. The molecule has 50 heavy (non-hydrogen) atoms. The summed E-state index contributed by atoms with van der Waals surface area (Å²) in [5.41, 5.74) is 2.26. The monoisotopic (exact) mass is 714 g/mol. The van der Waals surface area contributed by atoms with Crippen molar-refractivity contribution < 1.29 is 76.7 Å². The van der Waals surface area contributed by atoms with E-state index in [2.05, 4.69) is 20.1 Å². The van der Waals surface area contributed by atoms with Crippen LogP contribution in [0.1, 0.15) is 74.2 Å². The van der Waals surface area contributed by atoms with Gasteiger partial charge in [-0.2, -0.15) is 0 Å². The summed E-state index contributed by atoms with van der Waals surface area (Å²) in [5, 5.41) is 17.1. The van der Waals surface area contributed by atoms with Crippen molar-refractivity contribution in [1.29, 1.82) is 0 Å². The van der Waals surface area contributed by atoms with Crippen molar-refractivity contribution in [3.05, 3.63) is 82.8 Å². The molecule has 2 aromatic heterocycles. The van der Waals surface area contributed by atoms with Crippen LogP contribution in [0, 0.1) is 17.8 Å². The molecule has 3 aliphatic rings. The molecule has 3 unspecified atom stereocenters. The number of nitrogens with zero attached hydrogens (tertiary/aromatic N) is 2. The predicted molar refractivity (Wildman–Crippen MR) is 171 cm³/mol. The maximum absolute atomic E-state index is 14.0. The molecule has 1 amide bonds. The SMILES string of the molecule is CC(C)[C@H](O)C(=O)CC1Cc2ccc3c(c2)[C@@]2(c4ccccc4NC2O3)c2oc(nc2-c2nc(COP(=O)([O-])O)co2)[C@H](C(C)C)NC1=O.[Na+]. The molecule has 0 radical (unpaired) electrons. The summed E-state index contributed by atoms with van der Waals surface area (Å²) >= 11 is 0. The van der Waals surface area contributed by atoms with Gasteiger partial charge in [-0.25, -0.2) is 9.97 Å². The number of ether oxygens (including phenoxy) is 1. The first-order valence-corrected chi connectivity index (χ1v) is 17.6. The Morgan fingerprint density at radius 1 is 1.14 bits per heavy atom. The topological polar surface area (TPSA) is 209 Å². The first kappa shape index (κ1) is 36.5. The van der Waals surface area contributed by atoms with Gasteiger partial charge in [0.15, 0.2) is 23.5 Å². The summed E-state index contributed by atoms with van der Waals surface area (Å²) in [4.78, 5) is 56.9. The fraction of sp³-hybridized carbons (Fsp3) is 0.412. The molecule has 5 heterocycles. The molecule has 7 rings (SSSR count). The van der Waals surface area contributed by atoms with Crippen LogP contribution >= 0.6 is 7.82 Å². The van der Waals surface area contributed by atoms with Crippen LogP contribution in [0.5, 0.6) is 5.75 Å². The molecule has 3 aliphatic heterocycles. The van der Waals surface area contributed by atoms with Gasteiger partial charge in [-0.3, -0.25) is 14.2 Å². The number of amides is 1. The fourth-order valence-corrected chi connectivity index (χ4v) is 7.22. The number of aliphatic hydroxyl groups is 1. The van der Waals surface area contributed by atoms with Crippen molar-refractivity contribution in [2.24, 2.45) is 17.8 Å². The maximum Gasteiger partial charge on any atom is 1.00 e. The normalized spacial score (nSPS) is 23.7. The van der Waals surface area contributed by atoms with E-state index in [1.54, 1.807) is 13.8 Å². The van der Waals surface area contributed by atoms with Crippen molar-refractivity contribution in [3.63, 3.8) is 0 Å². The summed E-state index contributed by atoms with van der Waals surface area (Å²) in [6, 6.07) is 12.6. The van der Waals surface area contributed by atoms with E-state index in [1.807, 2.05) is 56.3 Å². The van der Waals surface area contributed by atoms with E-state index in [0.717, 1.165) is 22.4 Å². The number of aromatic nitrogens is 2. The van der Waals surface area contributed by atoms with Gasteiger partial charge in [-0.05, 0) is 41.5 Å². The molecular formula is C34H36N4NaO10P. The van der Waals surface area contributed by atoms with Crippen LogP contribution in [0.4, 0.5) is 5.69 Å². The number of carbonyl (C=O) groups is 2. The molecule has 0 aliphatic carbocycles. The fourth-order valence-electron chi connectivity index (χ4n) is 6.93. The second-order valence-corrected chi connectivity index (χ2v) is 14.6. The first-order valence-electron chi connectivity index (χ1n) is 16.1. The van der Waals surface area contributed by atoms with Crippen molar-refractivity contribution in [2.75, 3.05) is 5.32 Å². The summed E-state index contributed by atoms with van der Waals surface area (Å²) in [6.45, 7) is 6.71. The standard InChI is InChI=1S/C34H37N4O10P.Na/c1-16(2)26-32-38-27(31-35-20(14-45-31)15-46-49(42,43)44)29(48-32)34-21-7-5-6-8-23(21)36-33(34)47-25-10-9-18(12-22(25)34)11-19(30(41)37-26)13-24(39)28(40)17(3)4;/h5-10,12,14,16-17,19,26,28,33,36,40H,11,13,15H2,1-4H3,(H,37,41)(H2,42,43,44);/q;+1/p-1/t19?,26-,28-,33?,34-;/m0./s1. The summed E-state index contributed by atoms with van der Waals surface area (Å²) in [7, 11) is -5.03. The number of fused-ring (bicyclic) bond motifs is 4. The second kappa shape index (κ2) is 13.7. The molecule has 16 heteroatoms. The Balaban J connectivity index is 0.00000432. The molecule has 258 valence electrons. The quantitative estimate of drug-likeness (QED) is 0.140. The maximum atomic E-state index is 14.0. The molecule has 6 atom stereocenters. The van der Waals surface area contributed by atoms with E-state index in [9.17, 15) is 24.2 Å². The number of Topliss-reactive ketones (excluding diaryl/α,β-unsaturated/α-hetero) is 1. The van der Waals surface area contributed by atoms with E-state index in [-0.39, 0.29) is 77.4 Å². The number of oxazole rings is 2. The largest absolute Gasteiger partial charge is 1.00 e. The minimum absolute atomic E-state index is 0. The third kappa shape index (κ3) is 6.37. The van der Waals surface area contributed by atoms with Crippen LogP contribution in [0.25, 0.3) is 11.6 Å². The van der Waals surface area contributed by atoms with Gasteiger partial charge in [0, 0.05) is 23.6 Å². The number of phosphoric ester groups is 1. The minimum atomic E-state index is -5.03. The first-order chi connectivity index (χ1) is 23.3. The Morgan fingerprint density at radius 3 is 2.62 bits per heavy atom. The Hall–Kier alpha value is -3.33. The van der Waals surface area contributed by atoms with Gasteiger partial charge in [0.05, 0.1) is 0 Å². The molecule has 2 aromatic carbocycles. The minimum Gasteiger partial charge on any atom is -0.756 e. The van der Waals surface area contributed by atoms with Gasteiger partial charge in [0.1, 0.15) is 41.9 Å². The number of carbonyl (C=O) groups excluding carboxylic acids is 2. The number of hydrogen-bond donors (Lipinski definition) is 4. The van der Waals surface area contributed by atoms with Crippen molar-refractivity contribution in [3.8, 4) is 17.3 Å². The average molecular weight is 715 g/mol. The van der Waals surface area contributed by atoms with Crippen LogP contribution in [0.3, 0.4) is 0 Å². The number of anilines is 1. The van der Waals surface area contributed by atoms with Crippen LogP contribution in [0.2, 0.25) is 0 Å². The summed E-state index contributed by atoms with van der Waals surface area (Å²) < 4.78 is 34.9. The molecule has 0 saturated carbocycles. The van der Waals surface area contributed by atoms with Crippen LogP contribution in [-0.2, 0) is 37.1 Å². The summed E-state index contributed by atoms with van der Waals surface area (Å²) in [5.74, 6) is -1.15. The Bertz CT molecular complexity index is 1990. The van der Waals surface area contributed by atoms with Crippen LogP contribution < -0.4 is 49.8 Å². The third-order valence-corrected chi connectivity index (χ3v) is 9.82. The van der Waals surface area contributed by atoms with Crippen LogP contribution in [-0.4, -0.2) is 44.0 Å². The van der Waals surface area contributed by atoms with E-state index in [1.165, 1.54) is 6.26 Å². The van der Waals surface area contributed by atoms with Crippen molar-refractivity contribution in [1.82, 2.24) is 15.3 Å². The Labute approximate surface area is 309 Å². The van der Waals surface area contributed by atoms with Gasteiger partial charge in [-0.1, -0.05) is 58.0 Å². The van der Waals surface area contributed by atoms with Crippen molar-refractivity contribution in [2.45, 2.75) is 70.9 Å². The van der Waals surface area contributed by atoms with Crippen LogP contribution in [0.15, 0.2) is 57.6 Å². The van der Waals surface area contributed by atoms with E-state index < -0.39 is 55.8 Å². The smallest absolute Gasteiger partial charge is 0.756 e. The number of hydrogen-bond acceptors (Lipinski definition) is 12. The molecule has 0 fully saturated rings. The molecular weight excluding hydrogens is 678 g/mol. The number of rotatable bonds is 9. The Morgan fingerprint density at radius 2 is 1.90 bits per heavy atom. The van der Waals surface area contributed by atoms with E-state index in [0.29, 0.717) is 11.5 Å². The molecule has 4 aromatic rings. The predicted octanol–water partition coefficient (Wildman–Crippen LogP) is 0.751. The third-order valence-electron chi connectivity index (χ3n) is 9.37. The number of aliphatic hydroxyl groups excluding tert-OH is 1. The number of ketones is 1. The molecule has 14 nitrogen and oxygen atoms in total. The molecule has 1 spiro atoms. The number of nitrogens with one attached hydrogen (secondary N) is 2. The van der Waals surface area contributed by atoms with E-state index >= 15 is 0 Å². The number of phosphoric acid groups is 1. The van der Waals surface area contributed by atoms with Gasteiger partial charge < -0.3 is 43.6 Å². The second-order valence-electron chi connectivity index (χ2n) is 13.4. The molecule has 4 bridgehead atoms. The van der Waals surface area contributed by atoms with Gasteiger partial charge in [0.25, 0.3) is 7.82 Å².